The van der Waals surface area contributed by atoms with Crippen molar-refractivity contribution in [3.05, 3.63) is 47.4 Å². The second-order valence-corrected chi connectivity index (χ2v) is 13.3. The van der Waals surface area contributed by atoms with Gasteiger partial charge in [0.05, 0.1) is 21.0 Å². The number of hydrogen-bond acceptors (Lipinski definition) is 10. The van der Waals surface area contributed by atoms with Crippen LogP contribution in [0, 0.1) is 0 Å². The molecule has 2 aliphatic rings. The third kappa shape index (κ3) is 5.83. The smallest absolute Gasteiger partial charge is 0.263 e. The summed E-state index contributed by atoms with van der Waals surface area (Å²) in [7, 11) is -3.75. The molecule has 1 aromatic carbocycles. The molecule has 0 amide bonds. The van der Waals surface area contributed by atoms with E-state index in [1.807, 2.05) is 13.1 Å². The number of aromatic amines is 1. The highest BCUT2D eigenvalue weighted by atomic mass is 32.2. The van der Waals surface area contributed by atoms with E-state index in [2.05, 4.69) is 44.6 Å². The number of halogens is 1. The summed E-state index contributed by atoms with van der Waals surface area (Å²) in [6, 6.07) is 6.75. The van der Waals surface area contributed by atoms with Crippen LogP contribution in [0.4, 0.5) is 21.0 Å². The molecule has 0 radical (unpaired) electrons. The van der Waals surface area contributed by atoms with Gasteiger partial charge in [0.2, 0.25) is 5.13 Å². The van der Waals surface area contributed by atoms with Crippen molar-refractivity contribution in [1.82, 2.24) is 30.0 Å². The number of piperazine rings is 1. The molecule has 0 saturated carbocycles. The van der Waals surface area contributed by atoms with E-state index in [9.17, 15) is 12.8 Å². The van der Waals surface area contributed by atoms with E-state index in [0.717, 1.165) is 64.3 Å². The SMILES string of the molecule is CCc1nnc(NS(=O)(=O)c2ccc(CC(=S)N3CCN(c4ncnc5[nH]cc(N6CC[C@H](F)C6)c45)CC3)cc2)s1. The van der Waals surface area contributed by atoms with E-state index < -0.39 is 16.2 Å². The van der Waals surface area contributed by atoms with E-state index in [-0.39, 0.29) is 10.0 Å². The lowest BCUT2D eigenvalue weighted by atomic mass is 10.1. The van der Waals surface area contributed by atoms with E-state index >= 15 is 0 Å². The number of benzene rings is 1. The van der Waals surface area contributed by atoms with Gasteiger partial charge in [-0.05, 0) is 30.5 Å². The third-order valence-corrected chi connectivity index (χ3v) is 10.3. The van der Waals surface area contributed by atoms with Gasteiger partial charge in [0.25, 0.3) is 10.0 Å². The molecule has 41 heavy (non-hydrogen) atoms. The van der Waals surface area contributed by atoms with Crippen LogP contribution in [-0.4, -0.2) is 88.9 Å². The minimum absolute atomic E-state index is 0.158. The van der Waals surface area contributed by atoms with Crippen LogP contribution >= 0.6 is 23.6 Å². The summed E-state index contributed by atoms with van der Waals surface area (Å²) in [6.45, 7) is 5.94. The highest BCUT2D eigenvalue weighted by Crippen LogP contribution is 2.35. The first kappa shape index (κ1) is 27.7. The van der Waals surface area contributed by atoms with Crippen LogP contribution in [0.15, 0.2) is 41.7 Å². The monoisotopic (exact) mass is 615 g/mol. The van der Waals surface area contributed by atoms with Gasteiger partial charge in [0.1, 0.15) is 29.0 Å². The van der Waals surface area contributed by atoms with Gasteiger partial charge in [-0.15, -0.1) is 10.2 Å². The quantitative estimate of drug-likeness (QED) is 0.285. The van der Waals surface area contributed by atoms with Crippen LogP contribution in [0.3, 0.4) is 0 Å². The first-order chi connectivity index (χ1) is 19.8. The fourth-order valence-electron chi connectivity index (χ4n) is 5.21. The second kappa shape index (κ2) is 11.4. The molecule has 6 rings (SSSR count). The summed E-state index contributed by atoms with van der Waals surface area (Å²) in [4.78, 5) is 19.7. The Morgan fingerprint density at radius 3 is 2.59 bits per heavy atom. The van der Waals surface area contributed by atoms with Crippen molar-refractivity contribution in [3.63, 3.8) is 0 Å². The molecule has 2 N–H and O–H groups in total. The number of rotatable bonds is 8. The molecule has 3 aromatic heterocycles. The van der Waals surface area contributed by atoms with E-state index in [0.29, 0.717) is 32.4 Å². The summed E-state index contributed by atoms with van der Waals surface area (Å²) in [5.74, 6) is 0.851. The minimum atomic E-state index is -3.75. The van der Waals surface area contributed by atoms with Crippen molar-refractivity contribution in [1.29, 1.82) is 0 Å². The zero-order valence-electron chi connectivity index (χ0n) is 22.5. The van der Waals surface area contributed by atoms with Crippen molar-refractivity contribution in [3.8, 4) is 0 Å². The van der Waals surface area contributed by atoms with Gasteiger partial charge in [0, 0.05) is 51.9 Å². The Bertz CT molecular complexity index is 1650. The van der Waals surface area contributed by atoms with Crippen molar-refractivity contribution < 1.29 is 12.8 Å². The zero-order chi connectivity index (χ0) is 28.6. The second-order valence-electron chi connectivity index (χ2n) is 10.1. The lowest BCUT2D eigenvalue weighted by Crippen LogP contribution is -2.49. The van der Waals surface area contributed by atoms with Gasteiger partial charge in [0.15, 0.2) is 0 Å². The van der Waals surface area contributed by atoms with Crippen molar-refractivity contribution >= 4 is 66.2 Å². The Labute approximate surface area is 246 Å². The number of thiocarbonyl (C=S) groups is 1. The highest BCUT2D eigenvalue weighted by molar-refractivity contribution is 7.93. The average molecular weight is 616 g/mol. The van der Waals surface area contributed by atoms with Crippen LogP contribution in [-0.2, 0) is 22.9 Å². The average Bonchev–Trinajstić information content (AvgIpc) is 3.72. The molecule has 11 nitrogen and oxygen atoms in total. The molecule has 4 aromatic rings. The summed E-state index contributed by atoms with van der Waals surface area (Å²) in [5, 5.41) is 9.81. The first-order valence-corrected chi connectivity index (χ1v) is 16.2. The minimum Gasteiger partial charge on any atom is -0.367 e. The molecule has 0 unspecified atom stereocenters. The number of sulfonamides is 1. The van der Waals surface area contributed by atoms with E-state index in [1.165, 1.54) is 11.3 Å². The Morgan fingerprint density at radius 1 is 1.12 bits per heavy atom. The Balaban J connectivity index is 1.07. The first-order valence-electron chi connectivity index (χ1n) is 13.5. The summed E-state index contributed by atoms with van der Waals surface area (Å²) < 4.78 is 41.9. The van der Waals surface area contributed by atoms with Gasteiger partial charge < -0.3 is 19.7 Å². The number of anilines is 3. The topological polar surface area (TPSA) is 123 Å². The van der Waals surface area contributed by atoms with Gasteiger partial charge in [-0.3, -0.25) is 4.72 Å². The lowest BCUT2D eigenvalue weighted by Gasteiger charge is -2.37. The van der Waals surface area contributed by atoms with Crippen molar-refractivity contribution in [2.45, 2.75) is 37.3 Å². The third-order valence-electron chi connectivity index (χ3n) is 7.41. The molecule has 2 aliphatic heterocycles. The molecule has 2 fully saturated rings. The van der Waals surface area contributed by atoms with Crippen molar-refractivity contribution in [2.24, 2.45) is 0 Å². The van der Waals surface area contributed by atoms with Crippen LogP contribution in [0.1, 0.15) is 23.9 Å². The molecule has 0 spiro atoms. The van der Waals surface area contributed by atoms with Crippen LogP contribution in [0.5, 0.6) is 0 Å². The van der Waals surface area contributed by atoms with Crippen LogP contribution < -0.4 is 14.5 Å². The number of nitrogens with one attached hydrogen (secondary N) is 2. The lowest BCUT2D eigenvalue weighted by molar-refractivity contribution is 0.364. The normalized spacial score (nSPS) is 17.9. The van der Waals surface area contributed by atoms with Gasteiger partial charge in [-0.25, -0.2) is 22.8 Å². The van der Waals surface area contributed by atoms with E-state index in [4.69, 9.17) is 12.2 Å². The maximum Gasteiger partial charge on any atom is 0.263 e. The number of hydrogen-bond donors (Lipinski definition) is 2. The molecule has 15 heteroatoms. The predicted octanol–water partition coefficient (Wildman–Crippen LogP) is 3.41. The molecule has 1 atom stereocenters. The van der Waals surface area contributed by atoms with E-state index in [1.54, 1.807) is 30.6 Å². The molecular formula is C26H30FN9O2S3. The predicted molar refractivity (Wildman–Crippen MR) is 162 cm³/mol. The molecule has 216 valence electrons. The highest BCUT2D eigenvalue weighted by Gasteiger charge is 2.28. The maximum absolute atomic E-state index is 13.9. The Morgan fingerprint density at radius 2 is 1.90 bits per heavy atom. The number of alkyl halides is 1. The number of nitrogens with zero attached hydrogens (tertiary/aromatic N) is 7. The molecule has 2 saturated heterocycles. The van der Waals surface area contributed by atoms with Crippen LogP contribution in [0.25, 0.3) is 11.0 Å². The fourth-order valence-corrected chi connectivity index (χ4v) is 7.47. The summed E-state index contributed by atoms with van der Waals surface area (Å²) >= 11 is 7.00. The fraction of sp³-hybridized carbons (Fsp3) is 0.423. The maximum atomic E-state index is 13.9. The summed E-state index contributed by atoms with van der Waals surface area (Å²) in [5.41, 5.74) is 2.63. The summed E-state index contributed by atoms with van der Waals surface area (Å²) in [6.07, 6.45) is 4.42. The molecule has 0 aliphatic carbocycles. The Hall–Kier alpha value is -3.43. The van der Waals surface area contributed by atoms with Crippen molar-refractivity contribution in [2.75, 3.05) is 53.8 Å². The van der Waals surface area contributed by atoms with Gasteiger partial charge in [-0.1, -0.05) is 42.6 Å². The molecule has 5 heterocycles. The van der Waals surface area contributed by atoms with Crippen LogP contribution in [0.2, 0.25) is 0 Å². The zero-order valence-corrected chi connectivity index (χ0v) is 24.9. The number of aromatic nitrogens is 5. The number of aryl methyl sites for hydroxylation is 1. The number of fused-ring (bicyclic) bond motifs is 1. The Kier molecular flexibility index (Phi) is 7.74. The van der Waals surface area contributed by atoms with Gasteiger partial charge in [-0.2, -0.15) is 0 Å². The largest absolute Gasteiger partial charge is 0.367 e. The molecule has 0 bridgehead atoms. The number of H-pyrrole nitrogens is 1. The molecular weight excluding hydrogens is 586 g/mol. The standard InChI is InChI=1S/C26H30FN9O2S3/c1-2-21-31-32-26(40-21)33-41(37,38)19-5-3-17(4-6-19)13-22(39)34-9-11-35(12-10-34)25-23-20(36-8-7-18(27)15-36)14-28-24(23)29-16-30-25/h3-6,14,16,18H,2,7-13,15H2,1H3,(H,32,33)(H,28,29,30)/t18-/m0/s1. The van der Waals surface area contributed by atoms with Gasteiger partial charge >= 0.3 is 0 Å².